The summed E-state index contributed by atoms with van der Waals surface area (Å²) in [4.78, 5) is 0.714. The van der Waals surface area contributed by atoms with E-state index < -0.39 is 33.1 Å². The summed E-state index contributed by atoms with van der Waals surface area (Å²) in [5.74, 6) is -0.435. The van der Waals surface area contributed by atoms with Crippen molar-refractivity contribution in [1.82, 2.24) is 5.32 Å². The van der Waals surface area contributed by atoms with Crippen LogP contribution in [0, 0.1) is 0 Å². The van der Waals surface area contributed by atoms with E-state index in [0.717, 1.165) is 29.5 Å². The summed E-state index contributed by atoms with van der Waals surface area (Å²) in [6.07, 6.45) is -4.15. The number of rotatable bonds is 7. The lowest BCUT2D eigenvalue weighted by Crippen LogP contribution is -2.35. The van der Waals surface area contributed by atoms with Crippen molar-refractivity contribution in [2.45, 2.75) is 38.4 Å². The van der Waals surface area contributed by atoms with Gasteiger partial charge >= 0.3 is 6.18 Å². The predicted octanol–water partition coefficient (Wildman–Crippen LogP) is 7.92. The van der Waals surface area contributed by atoms with Crippen molar-refractivity contribution in [3.8, 4) is 5.75 Å². The van der Waals surface area contributed by atoms with Crippen LogP contribution in [0.5, 0.6) is 5.75 Å². The highest BCUT2D eigenvalue weighted by molar-refractivity contribution is 9.10. The molecule has 0 bridgehead atoms. The molecular weight excluding hydrogens is 644 g/mol. The molecule has 36 heavy (non-hydrogen) atoms. The predicted molar refractivity (Wildman–Crippen MR) is 141 cm³/mol. The highest BCUT2D eigenvalue weighted by atomic mass is 79.9. The molecule has 0 unspecified atom stereocenters. The standard InChI is InChI=1S/C22H18BrCl2F3N2O3S3/c1-21(4-5-29-11-21)33-18-9-14(2-3-16(18)22(26,27)28)30-36(31,32)19-10-17(23)20(35-19)34-15-7-12(24)6-13(25)8-15/h2-3,6-10,29-30H,4-5,11H2,1H3/t21-/m1/s1. The maximum Gasteiger partial charge on any atom is 0.419 e. The molecule has 1 aromatic heterocycles. The van der Waals surface area contributed by atoms with Crippen LogP contribution in [0.3, 0.4) is 0 Å². The van der Waals surface area contributed by atoms with Gasteiger partial charge in [-0.05, 0) is 65.8 Å². The Balaban J connectivity index is 1.60. The Bertz CT molecular complexity index is 1370. The molecule has 3 aromatic rings. The van der Waals surface area contributed by atoms with E-state index in [4.69, 9.17) is 27.9 Å². The molecule has 0 saturated carbocycles. The van der Waals surface area contributed by atoms with E-state index in [1.165, 1.54) is 17.8 Å². The van der Waals surface area contributed by atoms with Crippen LogP contribution in [-0.2, 0) is 16.2 Å². The Morgan fingerprint density at radius 2 is 1.86 bits per heavy atom. The number of thiophene rings is 1. The van der Waals surface area contributed by atoms with Gasteiger partial charge in [0.2, 0.25) is 0 Å². The first-order chi connectivity index (χ1) is 16.7. The maximum absolute atomic E-state index is 13.6. The fourth-order valence-corrected chi connectivity index (χ4v) is 8.92. The van der Waals surface area contributed by atoms with Crippen LogP contribution in [-0.4, -0.2) is 27.1 Å². The van der Waals surface area contributed by atoms with Crippen LogP contribution in [0.15, 0.2) is 60.3 Å². The van der Waals surface area contributed by atoms with Gasteiger partial charge in [0.25, 0.3) is 10.0 Å². The van der Waals surface area contributed by atoms with Crippen molar-refractivity contribution < 1.29 is 26.3 Å². The zero-order chi connectivity index (χ0) is 26.3. The van der Waals surface area contributed by atoms with E-state index >= 15 is 0 Å². The molecule has 0 aliphatic carbocycles. The topological polar surface area (TPSA) is 67.4 Å². The second kappa shape index (κ2) is 10.5. The quantitative estimate of drug-likeness (QED) is 0.269. The molecule has 5 nitrogen and oxygen atoms in total. The Labute approximate surface area is 232 Å². The Morgan fingerprint density at radius 3 is 2.47 bits per heavy atom. The summed E-state index contributed by atoms with van der Waals surface area (Å²) in [6, 6.07) is 9.34. The third kappa shape index (κ3) is 6.64. The number of hydrogen-bond acceptors (Lipinski definition) is 6. The first-order valence-electron chi connectivity index (χ1n) is 10.3. The first-order valence-corrected chi connectivity index (χ1v) is 15.0. The van der Waals surface area contributed by atoms with E-state index in [9.17, 15) is 21.6 Å². The van der Waals surface area contributed by atoms with Crippen molar-refractivity contribution in [3.05, 3.63) is 62.5 Å². The molecule has 1 fully saturated rings. The van der Waals surface area contributed by atoms with Crippen LogP contribution < -0.4 is 14.8 Å². The van der Waals surface area contributed by atoms with Crippen LogP contribution in [0.2, 0.25) is 10.0 Å². The fraction of sp³-hybridized carbons (Fsp3) is 0.273. The molecular formula is C22H18BrCl2F3N2O3S3. The largest absolute Gasteiger partial charge is 0.485 e. The number of alkyl halides is 3. The van der Waals surface area contributed by atoms with Crippen LogP contribution in [0.4, 0.5) is 18.9 Å². The number of hydrogen-bond donors (Lipinski definition) is 2. The molecule has 0 radical (unpaired) electrons. The molecule has 1 atom stereocenters. The highest BCUT2D eigenvalue weighted by Gasteiger charge is 2.38. The third-order valence-electron chi connectivity index (χ3n) is 5.17. The summed E-state index contributed by atoms with van der Waals surface area (Å²) in [5, 5.41) is 3.94. The minimum Gasteiger partial charge on any atom is -0.485 e. The van der Waals surface area contributed by atoms with E-state index in [1.54, 1.807) is 25.1 Å². The number of sulfonamides is 1. The average Bonchev–Trinajstić information content (AvgIpc) is 3.32. The molecule has 1 saturated heterocycles. The van der Waals surface area contributed by atoms with E-state index in [2.05, 4.69) is 26.0 Å². The number of halogens is 6. The van der Waals surface area contributed by atoms with Gasteiger partial charge in [0.1, 0.15) is 15.6 Å². The molecule has 0 spiro atoms. The molecule has 194 valence electrons. The van der Waals surface area contributed by atoms with Crippen LogP contribution in [0.1, 0.15) is 18.9 Å². The zero-order valence-corrected chi connectivity index (χ0v) is 23.9. The minimum absolute atomic E-state index is 0.0284. The minimum atomic E-state index is -4.66. The van der Waals surface area contributed by atoms with Gasteiger partial charge in [-0.1, -0.05) is 35.0 Å². The zero-order valence-electron chi connectivity index (χ0n) is 18.4. The van der Waals surface area contributed by atoms with Gasteiger partial charge < -0.3 is 10.1 Å². The van der Waals surface area contributed by atoms with Gasteiger partial charge in [0.05, 0.1) is 15.5 Å². The van der Waals surface area contributed by atoms with E-state index in [0.29, 0.717) is 43.1 Å². The lowest BCUT2D eigenvalue weighted by Gasteiger charge is -2.27. The molecule has 2 heterocycles. The molecule has 0 amide bonds. The summed E-state index contributed by atoms with van der Waals surface area (Å²) < 4.78 is 76.2. The SMILES string of the molecule is C[C@@]1(Oc2cc(NS(=O)(=O)c3cc(Br)c(Sc4cc(Cl)cc(Cl)c4)s3)ccc2C(F)(F)F)CCNC1. The van der Waals surface area contributed by atoms with E-state index in [1.807, 2.05) is 0 Å². The van der Waals surface area contributed by atoms with Gasteiger partial charge in [-0.25, -0.2) is 8.42 Å². The normalized spacial score (nSPS) is 18.4. The second-order valence-electron chi connectivity index (χ2n) is 8.20. The van der Waals surface area contributed by atoms with Crippen LogP contribution in [0.25, 0.3) is 0 Å². The molecule has 2 aromatic carbocycles. The van der Waals surface area contributed by atoms with Gasteiger partial charge in [-0.3, -0.25) is 4.72 Å². The van der Waals surface area contributed by atoms with Crippen LogP contribution >= 0.6 is 62.2 Å². The highest BCUT2D eigenvalue weighted by Crippen LogP contribution is 2.44. The van der Waals surface area contributed by atoms with Crippen molar-refractivity contribution in [2.75, 3.05) is 17.8 Å². The third-order valence-corrected chi connectivity index (χ3v) is 10.9. The summed E-state index contributed by atoms with van der Waals surface area (Å²) in [7, 11) is -4.11. The first kappa shape index (κ1) is 27.9. The Kier molecular flexibility index (Phi) is 8.17. The molecule has 1 aliphatic heterocycles. The van der Waals surface area contributed by atoms with Crippen molar-refractivity contribution >= 4 is 77.9 Å². The Hall–Kier alpha value is -1.15. The van der Waals surface area contributed by atoms with Gasteiger partial charge in [0.15, 0.2) is 0 Å². The van der Waals surface area contributed by atoms with E-state index in [-0.39, 0.29) is 9.90 Å². The molecule has 14 heteroatoms. The van der Waals surface area contributed by atoms with Gasteiger partial charge in [-0.15, -0.1) is 11.3 Å². The van der Waals surface area contributed by atoms with Crippen molar-refractivity contribution in [2.24, 2.45) is 0 Å². The smallest absolute Gasteiger partial charge is 0.419 e. The lowest BCUT2D eigenvalue weighted by atomic mass is 10.1. The summed E-state index contributed by atoms with van der Waals surface area (Å²) >= 11 is 17.7. The number of anilines is 1. The number of nitrogens with one attached hydrogen (secondary N) is 2. The summed E-state index contributed by atoms with van der Waals surface area (Å²) in [6.45, 7) is 2.69. The average molecular weight is 662 g/mol. The molecule has 2 N–H and O–H groups in total. The van der Waals surface area contributed by atoms with Crippen molar-refractivity contribution in [3.63, 3.8) is 0 Å². The number of benzene rings is 2. The molecule has 1 aliphatic rings. The molecule has 4 rings (SSSR count). The number of ether oxygens (including phenoxy) is 1. The maximum atomic E-state index is 13.6. The van der Waals surface area contributed by atoms with Gasteiger partial charge in [-0.2, -0.15) is 13.2 Å². The lowest BCUT2D eigenvalue weighted by molar-refractivity contribution is -0.139. The monoisotopic (exact) mass is 660 g/mol. The summed E-state index contributed by atoms with van der Waals surface area (Å²) in [5.41, 5.74) is -1.87. The fourth-order valence-electron chi connectivity index (χ4n) is 3.48. The van der Waals surface area contributed by atoms with Gasteiger partial charge in [0, 0.05) is 38.4 Å². The second-order valence-corrected chi connectivity index (χ2v) is 14.2. The Morgan fingerprint density at radius 1 is 1.17 bits per heavy atom. The van der Waals surface area contributed by atoms with Crippen molar-refractivity contribution in [1.29, 1.82) is 0 Å².